The minimum Gasteiger partial charge on any atom is -0.461 e. The maximum Gasteiger partial charge on any atom is 0.338 e. The summed E-state index contributed by atoms with van der Waals surface area (Å²) < 4.78 is 11.0. The molecule has 0 bridgehead atoms. The standard InChI is InChI=1S/C27H23BrO5/c28-24(17-32-26(30)22-11-9-18-5-1-3-7-20(18)15-22)25(13-14-29)33-27(31)23-12-10-19-6-2-4-8-21(19)16-23/h1,3-5,7-12,14-16,24-25H,2,6,13,17H2/t24-,25-/m1/s1. The van der Waals surface area contributed by atoms with E-state index in [4.69, 9.17) is 9.47 Å². The Balaban J connectivity index is 1.38. The first-order valence-electron chi connectivity index (χ1n) is 10.8. The topological polar surface area (TPSA) is 69.7 Å². The highest BCUT2D eigenvalue weighted by Crippen LogP contribution is 2.23. The van der Waals surface area contributed by atoms with Gasteiger partial charge in [0.05, 0.1) is 16.0 Å². The van der Waals surface area contributed by atoms with Crippen molar-refractivity contribution >= 4 is 51.0 Å². The fourth-order valence-electron chi connectivity index (χ4n) is 3.79. The monoisotopic (exact) mass is 506 g/mol. The molecule has 0 radical (unpaired) electrons. The van der Waals surface area contributed by atoms with Crippen LogP contribution in [0.5, 0.6) is 0 Å². The number of carbonyl (C=O) groups excluding carboxylic acids is 3. The maximum absolute atomic E-state index is 12.7. The number of aldehydes is 1. The fourth-order valence-corrected chi connectivity index (χ4v) is 4.24. The Morgan fingerprint density at radius 1 is 0.970 bits per heavy atom. The Morgan fingerprint density at radius 3 is 2.55 bits per heavy atom. The Bertz CT molecular complexity index is 1220. The first-order valence-corrected chi connectivity index (χ1v) is 11.7. The zero-order valence-corrected chi connectivity index (χ0v) is 19.5. The summed E-state index contributed by atoms with van der Waals surface area (Å²) in [6.45, 7) is -0.0512. The van der Waals surface area contributed by atoms with Crippen molar-refractivity contribution in [1.29, 1.82) is 0 Å². The first kappa shape index (κ1) is 22.9. The van der Waals surface area contributed by atoms with Crippen molar-refractivity contribution in [2.75, 3.05) is 6.61 Å². The average molecular weight is 507 g/mol. The van der Waals surface area contributed by atoms with Crippen molar-refractivity contribution in [3.05, 3.63) is 89.0 Å². The van der Waals surface area contributed by atoms with Crippen LogP contribution >= 0.6 is 15.9 Å². The van der Waals surface area contributed by atoms with Crippen LogP contribution in [0.4, 0.5) is 0 Å². The largest absolute Gasteiger partial charge is 0.461 e. The molecule has 5 nitrogen and oxygen atoms in total. The number of allylic oxidation sites excluding steroid dienone is 1. The molecular weight excluding hydrogens is 484 g/mol. The van der Waals surface area contributed by atoms with Crippen molar-refractivity contribution in [2.45, 2.75) is 30.2 Å². The SMILES string of the molecule is O=CC[C@@H](OC(=O)c1ccc2c(c1)C=CCC2)[C@H](Br)COC(=O)c1ccc2ccccc2c1. The molecule has 0 heterocycles. The molecule has 0 amide bonds. The van der Waals surface area contributed by atoms with Crippen LogP contribution in [0.3, 0.4) is 0 Å². The Labute approximate surface area is 200 Å². The second-order valence-electron chi connectivity index (χ2n) is 7.88. The minimum absolute atomic E-state index is 0.0139. The zero-order chi connectivity index (χ0) is 23.2. The second-order valence-corrected chi connectivity index (χ2v) is 9.05. The molecule has 0 saturated heterocycles. The molecule has 168 valence electrons. The van der Waals surface area contributed by atoms with E-state index in [1.807, 2.05) is 42.5 Å². The predicted molar refractivity (Wildman–Crippen MR) is 131 cm³/mol. The number of esters is 2. The number of aryl methyl sites for hydroxylation is 1. The summed E-state index contributed by atoms with van der Waals surface area (Å²) in [6.07, 6.45) is 5.91. The zero-order valence-electron chi connectivity index (χ0n) is 17.9. The highest BCUT2D eigenvalue weighted by Gasteiger charge is 2.25. The van der Waals surface area contributed by atoms with Crippen molar-refractivity contribution in [3.8, 4) is 0 Å². The van der Waals surface area contributed by atoms with E-state index in [0.717, 1.165) is 29.2 Å². The Kier molecular flexibility index (Phi) is 7.35. The summed E-state index contributed by atoms with van der Waals surface area (Å²) in [5, 5.41) is 1.97. The average Bonchev–Trinajstić information content (AvgIpc) is 2.86. The summed E-state index contributed by atoms with van der Waals surface area (Å²) in [6, 6.07) is 18.6. The summed E-state index contributed by atoms with van der Waals surface area (Å²) in [5.41, 5.74) is 3.04. The lowest BCUT2D eigenvalue weighted by Crippen LogP contribution is -2.32. The lowest BCUT2D eigenvalue weighted by atomic mass is 9.95. The van der Waals surface area contributed by atoms with Crippen LogP contribution in [0.15, 0.2) is 66.7 Å². The van der Waals surface area contributed by atoms with Gasteiger partial charge in [-0.2, -0.15) is 0 Å². The number of halogens is 1. The summed E-state index contributed by atoms with van der Waals surface area (Å²) in [4.78, 5) is 35.9. The van der Waals surface area contributed by atoms with E-state index in [-0.39, 0.29) is 13.0 Å². The smallest absolute Gasteiger partial charge is 0.338 e. The molecule has 33 heavy (non-hydrogen) atoms. The van der Waals surface area contributed by atoms with Gasteiger partial charge in [-0.3, -0.25) is 0 Å². The van der Waals surface area contributed by atoms with E-state index in [1.165, 1.54) is 5.56 Å². The van der Waals surface area contributed by atoms with E-state index in [1.54, 1.807) is 24.3 Å². The molecule has 0 N–H and O–H groups in total. The molecule has 1 aliphatic carbocycles. The van der Waals surface area contributed by atoms with Gasteiger partial charge in [-0.25, -0.2) is 9.59 Å². The number of ether oxygens (including phenoxy) is 2. The molecule has 0 unspecified atom stereocenters. The molecule has 2 atom stereocenters. The Hall–Kier alpha value is -3.25. The second kappa shape index (κ2) is 10.6. The summed E-state index contributed by atoms with van der Waals surface area (Å²) in [7, 11) is 0. The van der Waals surface area contributed by atoms with Crippen LogP contribution < -0.4 is 0 Å². The highest BCUT2D eigenvalue weighted by atomic mass is 79.9. The maximum atomic E-state index is 12.7. The quantitative estimate of drug-likeness (QED) is 0.228. The van der Waals surface area contributed by atoms with Crippen molar-refractivity contribution in [2.24, 2.45) is 0 Å². The van der Waals surface area contributed by atoms with E-state index < -0.39 is 22.9 Å². The van der Waals surface area contributed by atoms with Gasteiger partial charge in [0.15, 0.2) is 0 Å². The molecule has 4 rings (SSSR count). The number of hydrogen-bond acceptors (Lipinski definition) is 5. The van der Waals surface area contributed by atoms with Gasteiger partial charge in [-0.05, 0) is 59.0 Å². The molecule has 3 aromatic carbocycles. The first-order chi connectivity index (χ1) is 16.0. The van der Waals surface area contributed by atoms with Crippen LogP contribution in [-0.2, 0) is 20.7 Å². The van der Waals surface area contributed by atoms with Crippen LogP contribution in [0.25, 0.3) is 16.8 Å². The van der Waals surface area contributed by atoms with Crippen LogP contribution in [0, 0.1) is 0 Å². The molecule has 0 aromatic heterocycles. The third-order valence-electron chi connectivity index (χ3n) is 5.61. The molecule has 0 fully saturated rings. The van der Waals surface area contributed by atoms with E-state index in [9.17, 15) is 14.4 Å². The molecule has 3 aromatic rings. The lowest BCUT2D eigenvalue weighted by molar-refractivity contribution is -0.109. The van der Waals surface area contributed by atoms with Gasteiger partial charge in [0, 0.05) is 6.42 Å². The van der Waals surface area contributed by atoms with Crippen LogP contribution in [-0.4, -0.2) is 35.8 Å². The molecule has 0 saturated carbocycles. The van der Waals surface area contributed by atoms with Gasteiger partial charge in [-0.1, -0.05) is 64.5 Å². The van der Waals surface area contributed by atoms with Gasteiger partial charge in [0.25, 0.3) is 0 Å². The van der Waals surface area contributed by atoms with Crippen LogP contribution in [0.2, 0.25) is 0 Å². The third kappa shape index (κ3) is 5.57. The molecular formula is C27H23BrO5. The van der Waals surface area contributed by atoms with E-state index >= 15 is 0 Å². The molecule has 0 aliphatic heterocycles. The highest BCUT2D eigenvalue weighted by molar-refractivity contribution is 9.09. The summed E-state index contributed by atoms with van der Waals surface area (Å²) in [5.74, 6) is -1.00. The van der Waals surface area contributed by atoms with Gasteiger partial charge in [-0.15, -0.1) is 0 Å². The van der Waals surface area contributed by atoms with Crippen molar-refractivity contribution in [1.82, 2.24) is 0 Å². The van der Waals surface area contributed by atoms with Gasteiger partial charge in [0.2, 0.25) is 0 Å². The molecule has 6 heteroatoms. The molecule has 1 aliphatic rings. The number of fused-ring (bicyclic) bond motifs is 2. The minimum atomic E-state index is -0.772. The van der Waals surface area contributed by atoms with Gasteiger partial charge in [0.1, 0.15) is 19.0 Å². The lowest BCUT2D eigenvalue weighted by Gasteiger charge is -2.21. The van der Waals surface area contributed by atoms with Crippen LogP contribution in [0.1, 0.15) is 44.7 Å². The number of carbonyl (C=O) groups is 3. The fraction of sp³-hybridized carbons (Fsp3) is 0.222. The van der Waals surface area contributed by atoms with E-state index in [2.05, 4.69) is 22.0 Å². The predicted octanol–water partition coefficient (Wildman–Crippen LogP) is 5.53. The molecule has 0 spiro atoms. The normalized spacial score (nSPS) is 14.2. The number of benzene rings is 3. The van der Waals surface area contributed by atoms with Gasteiger partial charge < -0.3 is 14.3 Å². The van der Waals surface area contributed by atoms with Gasteiger partial charge >= 0.3 is 11.9 Å². The third-order valence-corrected chi connectivity index (χ3v) is 6.46. The number of alkyl halides is 1. The summed E-state index contributed by atoms with van der Waals surface area (Å²) >= 11 is 3.42. The number of hydrogen-bond donors (Lipinski definition) is 0. The number of rotatable bonds is 8. The van der Waals surface area contributed by atoms with Crippen molar-refractivity contribution in [3.63, 3.8) is 0 Å². The van der Waals surface area contributed by atoms with Crippen molar-refractivity contribution < 1.29 is 23.9 Å². The Morgan fingerprint density at radius 2 is 1.73 bits per heavy atom. The van der Waals surface area contributed by atoms with E-state index in [0.29, 0.717) is 17.4 Å².